The van der Waals surface area contributed by atoms with Crippen molar-refractivity contribution in [2.75, 3.05) is 13.2 Å². The van der Waals surface area contributed by atoms with Crippen LogP contribution in [-0.4, -0.2) is 37.2 Å². The molecule has 0 aliphatic rings. The molecule has 0 heterocycles. The summed E-state index contributed by atoms with van der Waals surface area (Å²) in [7, 11) is 0. The van der Waals surface area contributed by atoms with Gasteiger partial charge in [-0.2, -0.15) is 0 Å². The molecule has 0 rings (SSSR count). The van der Waals surface area contributed by atoms with Crippen LogP contribution < -0.4 is 0 Å². The first-order chi connectivity index (χ1) is 35.5. The molecule has 1 unspecified atom stereocenters. The van der Waals surface area contributed by atoms with Crippen LogP contribution in [0.3, 0.4) is 0 Å². The van der Waals surface area contributed by atoms with Crippen molar-refractivity contribution in [2.24, 2.45) is 0 Å². The maximum Gasteiger partial charge on any atom is 0.306 e. The summed E-state index contributed by atoms with van der Waals surface area (Å²) in [6, 6.07) is 0. The number of allylic oxidation sites excluding steroid dienone is 4. The summed E-state index contributed by atoms with van der Waals surface area (Å²) in [5, 5.41) is 0. The van der Waals surface area contributed by atoms with Crippen LogP contribution in [0, 0.1) is 0 Å². The van der Waals surface area contributed by atoms with Gasteiger partial charge in [0.25, 0.3) is 0 Å². The van der Waals surface area contributed by atoms with Gasteiger partial charge in [0, 0.05) is 19.3 Å². The molecule has 0 N–H and O–H groups in total. The Bertz CT molecular complexity index is 1160. The molecule has 0 aliphatic heterocycles. The topological polar surface area (TPSA) is 78.9 Å². The molecule has 0 saturated heterocycles. The number of esters is 3. The SMILES string of the molecule is CCCCCCC/C=C\CCCCCCCC(=O)OCC(COC(=O)CCCCCCCCCCCCC/C=C\CCCCCCCCCC)OC(=O)CCCCCCCCCCCCCCCCCCC. The van der Waals surface area contributed by atoms with Crippen molar-refractivity contribution < 1.29 is 28.6 Å². The van der Waals surface area contributed by atoms with E-state index >= 15 is 0 Å². The Kier molecular flexibility index (Phi) is 59.6. The van der Waals surface area contributed by atoms with Crippen molar-refractivity contribution in [1.82, 2.24) is 0 Å². The standard InChI is InChI=1S/C66H124O6/c1-4-7-10-13-16-19-22-25-28-30-31-32-33-34-35-37-38-41-44-47-50-53-56-59-65(68)71-62-63(61-70-64(67)58-55-52-49-46-43-40-27-24-21-18-15-12-9-6-3)72-66(69)60-57-54-51-48-45-42-39-36-29-26-23-20-17-14-11-8-5-2/h24,27,30-31,63H,4-23,25-26,28-29,32-62H2,1-3H3/b27-24-,31-30-. The van der Waals surface area contributed by atoms with Crippen LogP contribution >= 0.6 is 0 Å². The van der Waals surface area contributed by atoms with E-state index in [1.54, 1.807) is 0 Å². The van der Waals surface area contributed by atoms with Crippen molar-refractivity contribution in [3.05, 3.63) is 24.3 Å². The number of carbonyl (C=O) groups excluding carboxylic acids is 3. The van der Waals surface area contributed by atoms with Crippen LogP contribution in [0.15, 0.2) is 24.3 Å². The van der Waals surface area contributed by atoms with Gasteiger partial charge in [0.2, 0.25) is 0 Å². The smallest absolute Gasteiger partial charge is 0.306 e. The van der Waals surface area contributed by atoms with Gasteiger partial charge < -0.3 is 14.2 Å². The van der Waals surface area contributed by atoms with Crippen LogP contribution in [0.25, 0.3) is 0 Å². The summed E-state index contributed by atoms with van der Waals surface area (Å²) < 4.78 is 16.9. The number of unbranched alkanes of at least 4 members (excludes halogenated alkanes) is 45. The fraction of sp³-hybridized carbons (Fsp3) is 0.894. The summed E-state index contributed by atoms with van der Waals surface area (Å²) >= 11 is 0. The van der Waals surface area contributed by atoms with E-state index in [4.69, 9.17) is 14.2 Å². The van der Waals surface area contributed by atoms with E-state index in [0.717, 1.165) is 64.2 Å². The Morgan fingerprint density at radius 3 is 0.694 bits per heavy atom. The van der Waals surface area contributed by atoms with E-state index in [1.807, 2.05) is 0 Å². The number of hydrogen-bond acceptors (Lipinski definition) is 6. The van der Waals surface area contributed by atoms with Crippen molar-refractivity contribution in [3.8, 4) is 0 Å². The molecule has 0 bridgehead atoms. The van der Waals surface area contributed by atoms with E-state index in [1.165, 1.54) is 257 Å². The van der Waals surface area contributed by atoms with Crippen molar-refractivity contribution in [2.45, 2.75) is 367 Å². The van der Waals surface area contributed by atoms with Crippen LogP contribution in [0.1, 0.15) is 361 Å². The molecule has 0 spiro atoms. The lowest BCUT2D eigenvalue weighted by atomic mass is 10.0. The molecule has 72 heavy (non-hydrogen) atoms. The number of rotatable bonds is 60. The Labute approximate surface area is 449 Å². The van der Waals surface area contributed by atoms with Gasteiger partial charge in [-0.1, -0.05) is 295 Å². The predicted molar refractivity (Wildman–Crippen MR) is 312 cm³/mol. The van der Waals surface area contributed by atoms with E-state index in [-0.39, 0.29) is 31.1 Å². The molecule has 0 radical (unpaired) electrons. The van der Waals surface area contributed by atoms with Gasteiger partial charge in [-0.25, -0.2) is 0 Å². The summed E-state index contributed by atoms with van der Waals surface area (Å²) in [4.78, 5) is 38.3. The first-order valence-corrected chi connectivity index (χ1v) is 32.3. The number of hydrogen-bond donors (Lipinski definition) is 0. The minimum absolute atomic E-state index is 0.0692. The highest BCUT2D eigenvalue weighted by molar-refractivity contribution is 5.71. The Balaban J connectivity index is 4.27. The van der Waals surface area contributed by atoms with Crippen molar-refractivity contribution in [3.63, 3.8) is 0 Å². The van der Waals surface area contributed by atoms with E-state index in [9.17, 15) is 14.4 Å². The third-order valence-electron chi connectivity index (χ3n) is 14.7. The third kappa shape index (κ3) is 58.8. The van der Waals surface area contributed by atoms with Crippen LogP contribution in [0.2, 0.25) is 0 Å². The highest BCUT2D eigenvalue weighted by Gasteiger charge is 2.19. The first-order valence-electron chi connectivity index (χ1n) is 32.3. The van der Waals surface area contributed by atoms with Gasteiger partial charge in [-0.15, -0.1) is 0 Å². The molecule has 6 nitrogen and oxygen atoms in total. The zero-order valence-corrected chi connectivity index (χ0v) is 48.7. The van der Waals surface area contributed by atoms with Gasteiger partial charge in [0.15, 0.2) is 6.10 Å². The maximum absolute atomic E-state index is 12.9. The monoisotopic (exact) mass is 1010 g/mol. The lowest BCUT2D eigenvalue weighted by molar-refractivity contribution is -0.167. The molecule has 0 amide bonds. The predicted octanol–water partition coefficient (Wildman–Crippen LogP) is 21.8. The zero-order chi connectivity index (χ0) is 52.2. The van der Waals surface area contributed by atoms with Gasteiger partial charge >= 0.3 is 17.9 Å². The molecule has 6 heteroatoms. The molecule has 0 aromatic rings. The normalized spacial score (nSPS) is 12.1. The first kappa shape index (κ1) is 69.9. The molecular weight excluding hydrogens is 889 g/mol. The average Bonchev–Trinajstić information content (AvgIpc) is 3.38. The lowest BCUT2D eigenvalue weighted by Gasteiger charge is -2.18. The minimum Gasteiger partial charge on any atom is -0.462 e. The van der Waals surface area contributed by atoms with Gasteiger partial charge in [-0.05, 0) is 70.6 Å². The van der Waals surface area contributed by atoms with Crippen molar-refractivity contribution in [1.29, 1.82) is 0 Å². The fourth-order valence-corrected chi connectivity index (χ4v) is 9.79. The Morgan fingerprint density at radius 2 is 0.458 bits per heavy atom. The number of ether oxygens (including phenoxy) is 3. The largest absolute Gasteiger partial charge is 0.462 e. The van der Waals surface area contributed by atoms with E-state index < -0.39 is 6.10 Å². The van der Waals surface area contributed by atoms with Crippen LogP contribution in [0.4, 0.5) is 0 Å². The lowest BCUT2D eigenvalue weighted by Crippen LogP contribution is -2.30. The fourth-order valence-electron chi connectivity index (χ4n) is 9.79. The zero-order valence-electron chi connectivity index (χ0n) is 48.7. The third-order valence-corrected chi connectivity index (χ3v) is 14.7. The second-order valence-electron chi connectivity index (χ2n) is 22.0. The highest BCUT2D eigenvalue weighted by atomic mass is 16.6. The number of carbonyl (C=O) groups is 3. The maximum atomic E-state index is 12.9. The van der Waals surface area contributed by atoms with Gasteiger partial charge in [0.05, 0.1) is 0 Å². The van der Waals surface area contributed by atoms with Crippen molar-refractivity contribution >= 4 is 17.9 Å². The molecule has 424 valence electrons. The highest BCUT2D eigenvalue weighted by Crippen LogP contribution is 2.18. The van der Waals surface area contributed by atoms with E-state index in [0.29, 0.717) is 19.3 Å². The molecule has 0 saturated carbocycles. The molecule has 0 fully saturated rings. The minimum atomic E-state index is -0.771. The van der Waals surface area contributed by atoms with Gasteiger partial charge in [0.1, 0.15) is 13.2 Å². The van der Waals surface area contributed by atoms with E-state index in [2.05, 4.69) is 45.1 Å². The Morgan fingerprint density at radius 1 is 0.264 bits per heavy atom. The quantitative estimate of drug-likeness (QED) is 0.0261. The summed E-state index contributed by atoms with van der Waals surface area (Å²) in [6.07, 6.45) is 73.3. The van der Waals surface area contributed by atoms with Crippen LogP contribution in [-0.2, 0) is 28.6 Å². The summed E-state index contributed by atoms with van der Waals surface area (Å²) in [6.45, 7) is 6.69. The Hall–Kier alpha value is -2.11. The second-order valence-corrected chi connectivity index (χ2v) is 22.0. The summed E-state index contributed by atoms with van der Waals surface area (Å²) in [5.41, 5.74) is 0. The average molecular weight is 1010 g/mol. The molecule has 0 aliphatic carbocycles. The van der Waals surface area contributed by atoms with Crippen LogP contribution in [0.5, 0.6) is 0 Å². The van der Waals surface area contributed by atoms with Gasteiger partial charge in [-0.3, -0.25) is 14.4 Å². The second kappa shape index (κ2) is 61.4. The molecule has 0 aromatic heterocycles. The molecular formula is C66H124O6. The molecule has 1 atom stereocenters. The summed E-state index contributed by atoms with van der Waals surface area (Å²) in [5.74, 6) is -0.852. The molecule has 0 aromatic carbocycles.